The van der Waals surface area contributed by atoms with Gasteiger partial charge in [0.2, 0.25) is 0 Å². The SMILES string of the molecule is CCCCOc1cc(C=C(CC)C(=O)OCC)ccc1I. The number of esters is 1. The Kier molecular flexibility index (Phi) is 8.42. The second-order valence-electron chi connectivity index (χ2n) is 4.64. The maximum absolute atomic E-state index is 11.8. The molecule has 0 aromatic heterocycles. The molecule has 0 aliphatic heterocycles. The molecule has 0 fully saturated rings. The Balaban J connectivity index is 2.91. The van der Waals surface area contributed by atoms with E-state index in [-0.39, 0.29) is 5.97 Å². The van der Waals surface area contributed by atoms with Gasteiger partial charge in [0.05, 0.1) is 16.8 Å². The van der Waals surface area contributed by atoms with Crippen molar-refractivity contribution in [2.45, 2.75) is 40.0 Å². The van der Waals surface area contributed by atoms with E-state index >= 15 is 0 Å². The average molecular weight is 402 g/mol. The zero-order valence-electron chi connectivity index (χ0n) is 12.9. The molecule has 0 aliphatic rings. The van der Waals surface area contributed by atoms with Gasteiger partial charge in [-0.05, 0) is 66.1 Å². The molecule has 1 aromatic carbocycles. The maximum atomic E-state index is 11.8. The van der Waals surface area contributed by atoms with E-state index in [0.717, 1.165) is 34.3 Å². The Morgan fingerprint density at radius 2 is 2.05 bits per heavy atom. The molecule has 0 bridgehead atoms. The lowest BCUT2D eigenvalue weighted by molar-refractivity contribution is -0.138. The quantitative estimate of drug-likeness (QED) is 0.271. The normalized spacial score (nSPS) is 11.3. The predicted octanol–water partition coefficient (Wildman–Crippen LogP) is 4.83. The van der Waals surface area contributed by atoms with Crippen LogP contribution in [-0.4, -0.2) is 19.2 Å². The largest absolute Gasteiger partial charge is 0.492 e. The molecule has 4 heteroatoms. The molecule has 0 saturated carbocycles. The standard InChI is InChI=1S/C17H23IO3/c1-4-7-10-21-16-12-13(8-9-15(16)18)11-14(5-2)17(19)20-6-3/h8-9,11-12H,4-7,10H2,1-3H3. The van der Waals surface area contributed by atoms with Gasteiger partial charge in [-0.1, -0.05) is 26.3 Å². The first-order chi connectivity index (χ1) is 10.1. The molecule has 1 rings (SSSR count). The summed E-state index contributed by atoms with van der Waals surface area (Å²) in [5.41, 5.74) is 1.64. The van der Waals surface area contributed by atoms with Gasteiger partial charge < -0.3 is 9.47 Å². The van der Waals surface area contributed by atoms with E-state index in [9.17, 15) is 4.79 Å². The lowest BCUT2D eigenvalue weighted by Gasteiger charge is -2.09. The molecule has 0 radical (unpaired) electrons. The molecule has 1 aromatic rings. The number of rotatable bonds is 8. The molecule has 0 N–H and O–H groups in total. The topological polar surface area (TPSA) is 35.5 Å². The Morgan fingerprint density at radius 1 is 1.29 bits per heavy atom. The van der Waals surface area contributed by atoms with E-state index < -0.39 is 0 Å². The maximum Gasteiger partial charge on any atom is 0.333 e. The number of hydrogen-bond donors (Lipinski definition) is 0. The van der Waals surface area contributed by atoms with E-state index in [4.69, 9.17) is 9.47 Å². The highest BCUT2D eigenvalue weighted by atomic mass is 127. The average Bonchev–Trinajstić information content (AvgIpc) is 2.48. The fourth-order valence-corrected chi connectivity index (χ4v) is 2.27. The van der Waals surface area contributed by atoms with Crippen LogP contribution in [0.3, 0.4) is 0 Å². The van der Waals surface area contributed by atoms with Crippen molar-refractivity contribution in [1.82, 2.24) is 0 Å². The summed E-state index contributed by atoms with van der Waals surface area (Å²) in [5, 5.41) is 0. The van der Waals surface area contributed by atoms with Crippen LogP contribution in [0.25, 0.3) is 6.08 Å². The fraction of sp³-hybridized carbons (Fsp3) is 0.471. The number of unbranched alkanes of at least 4 members (excludes halogenated alkanes) is 1. The third-order valence-electron chi connectivity index (χ3n) is 2.97. The predicted molar refractivity (Wildman–Crippen MR) is 94.5 cm³/mol. The molecule has 116 valence electrons. The van der Waals surface area contributed by atoms with Crippen molar-refractivity contribution in [2.75, 3.05) is 13.2 Å². The van der Waals surface area contributed by atoms with Crippen molar-refractivity contribution in [3.05, 3.63) is 32.9 Å². The summed E-state index contributed by atoms with van der Waals surface area (Å²) >= 11 is 2.26. The van der Waals surface area contributed by atoms with E-state index in [1.807, 2.05) is 38.1 Å². The summed E-state index contributed by atoms with van der Waals surface area (Å²) in [6.45, 7) is 7.02. The highest BCUT2D eigenvalue weighted by Crippen LogP contribution is 2.24. The first-order valence-electron chi connectivity index (χ1n) is 7.42. The number of carbonyl (C=O) groups is 1. The molecule has 0 spiro atoms. The van der Waals surface area contributed by atoms with Crippen molar-refractivity contribution in [3.63, 3.8) is 0 Å². The molecule has 0 unspecified atom stereocenters. The van der Waals surface area contributed by atoms with Crippen LogP contribution in [-0.2, 0) is 9.53 Å². The van der Waals surface area contributed by atoms with Gasteiger partial charge >= 0.3 is 5.97 Å². The summed E-state index contributed by atoms with van der Waals surface area (Å²) in [7, 11) is 0. The fourth-order valence-electron chi connectivity index (χ4n) is 1.78. The van der Waals surface area contributed by atoms with Crippen LogP contribution >= 0.6 is 22.6 Å². The Bertz CT molecular complexity index is 495. The summed E-state index contributed by atoms with van der Waals surface area (Å²) < 4.78 is 11.9. The highest BCUT2D eigenvalue weighted by Gasteiger charge is 2.09. The van der Waals surface area contributed by atoms with Gasteiger partial charge in [0.1, 0.15) is 5.75 Å². The van der Waals surface area contributed by atoms with Crippen molar-refractivity contribution in [3.8, 4) is 5.75 Å². The Morgan fingerprint density at radius 3 is 2.67 bits per heavy atom. The molecule has 21 heavy (non-hydrogen) atoms. The minimum Gasteiger partial charge on any atom is -0.492 e. The molecule has 0 atom stereocenters. The molecular formula is C17H23IO3. The smallest absolute Gasteiger partial charge is 0.333 e. The van der Waals surface area contributed by atoms with Crippen LogP contribution in [0.4, 0.5) is 0 Å². The van der Waals surface area contributed by atoms with Gasteiger partial charge in [-0.15, -0.1) is 0 Å². The number of carbonyl (C=O) groups excluding carboxylic acids is 1. The minimum absolute atomic E-state index is 0.244. The van der Waals surface area contributed by atoms with Crippen molar-refractivity contribution in [2.24, 2.45) is 0 Å². The van der Waals surface area contributed by atoms with Crippen molar-refractivity contribution in [1.29, 1.82) is 0 Å². The summed E-state index contributed by atoms with van der Waals surface area (Å²) in [5.74, 6) is 0.629. The van der Waals surface area contributed by atoms with E-state index in [2.05, 4.69) is 29.5 Å². The van der Waals surface area contributed by atoms with E-state index in [1.54, 1.807) is 0 Å². The number of halogens is 1. The molecular weight excluding hydrogens is 379 g/mol. The number of ether oxygens (including phenoxy) is 2. The van der Waals surface area contributed by atoms with E-state index in [1.165, 1.54) is 0 Å². The number of benzene rings is 1. The van der Waals surface area contributed by atoms with Crippen molar-refractivity contribution >= 4 is 34.6 Å². The van der Waals surface area contributed by atoms with Gasteiger partial charge in [0.15, 0.2) is 0 Å². The van der Waals surface area contributed by atoms with Crippen LogP contribution < -0.4 is 4.74 Å². The molecule has 0 aliphatic carbocycles. The minimum atomic E-state index is -0.244. The van der Waals surface area contributed by atoms with Crippen LogP contribution in [0.2, 0.25) is 0 Å². The Hall–Kier alpha value is -1.04. The second-order valence-corrected chi connectivity index (χ2v) is 5.80. The van der Waals surface area contributed by atoms with Gasteiger partial charge in [0.25, 0.3) is 0 Å². The zero-order valence-corrected chi connectivity index (χ0v) is 15.1. The third kappa shape index (κ3) is 6.08. The van der Waals surface area contributed by atoms with E-state index in [0.29, 0.717) is 18.6 Å². The molecule has 3 nitrogen and oxygen atoms in total. The molecule has 0 amide bonds. The van der Waals surface area contributed by atoms with Gasteiger partial charge in [-0.25, -0.2) is 4.79 Å². The zero-order chi connectivity index (χ0) is 15.7. The third-order valence-corrected chi connectivity index (χ3v) is 3.86. The van der Waals surface area contributed by atoms with Crippen LogP contribution in [0, 0.1) is 3.57 Å². The van der Waals surface area contributed by atoms with Gasteiger partial charge in [-0.2, -0.15) is 0 Å². The summed E-state index contributed by atoms with van der Waals surface area (Å²) in [6, 6.07) is 5.97. The lowest BCUT2D eigenvalue weighted by atomic mass is 10.1. The highest BCUT2D eigenvalue weighted by molar-refractivity contribution is 14.1. The van der Waals surface area contributed by atoms with Gasteiger partial charge in [-0.3, -0.25) is 0 Å². The summed E-state index contributed by atoms with van der Waals surface area (Å²) in [6.07, 6.45) is 4.68. The lowest BCUT2D eigenvalue weighted by Crippen LogP contribution is -2.06. The molecule has 0 heterocycles. The Labute approximate surface area is 140 Å². The van der Waals surface area contributed by atoms with Crippen molar-refractivity contribution < 1.29 is 14.3 Å². The summed E-state index contributed by atoms with van der Waals surface area (Å²) in [4.78, 5) is 11.8. The molecule has 0 saturated heterocycles. The van der Waals surface area contributed by atoms with Crippen LogP contribution in [0.5, 0.6) is 5.75 Å². The van der Waals surface area contributed by atoms with Crippen LogP contribution in [0.1, 0.15) is 45.6 Å². The second kappa shape index (κ2) is 9.82. The first-order valence-corrected chi connectivity index (χ1v) is 8.50. The van der Waals surface area contributed by atoms with Gasteiger partial charge in [0, 0.05) is 5.57 Å². The first kappa shape index (κ1) is 18.0. The number of hydrogen-bond acceptors (Lipinski definition) is 3. The monoisotopic (exact) mass is 402 g/mol. The van der Waals surface area contributed by atoms with Crippen LogP contribution in [0.15, 0.2) is 23.8 Å².